The minimum atomic E-state index is -0.833. The Morgan fingerprint density at radius 2 is 1.84 bits per heavy atom. The second kappa shape index (κ2) is 17.7. The first-order valence-corrected chi connectivity index (χ1v) is 17.2. The number of esters is 1. The number of methoxy groups -OCH3 is 1. The molecule has 5 rings (SSSR count). The van der Waals surface area contributed by atoms with E-state index in [9.17, 15) is 19.2 Å². The Morgan fingerprint density at radius 1 is 1.08 bits per heavy atom. The zero-order valence-corrected chi connectivity index (χ0v) is 29.3. The summed E-state index contributed by atoms with van der Waals surface area (Å²) in [5.74, 6) is -0.602. The molecule has 1 saturated heterocycles. The van der Waals surface area contributed by atoms with Crippen molar-refractivity contribution in [1.29, 1.82) is 0 Å². The van der Waals surface area contributed by atoms with Gasteiger partial charge in [0, 0.05) is 22.9 Å². The molecule has 2 aliphatic heterocycles. The molecule has 0 radical (unpaired) electrons. The lowest BCUT2D eigenvalue weighted by atomic mass is 10.0. The van der Waals surface area contributed by atoms with Crippen molar-refractivity contribution in [2.24, 2.45) is 0 Å². The molecule has 1 fully saturated rings. The highest BCUT2D eigenvalue weighted by molar-refractivity contribution is 8.00. The third-order valence-corrected chi connectivity index (χ3v) is 9.17. The third-order valence-electron chi connectivity index (χ3n) is 7.40. The molecule has 2 aliphatic rings. The quantitative estimate of drug-likeness (QED) is 0.0894. The fourth-order valence-electron chi connectivity index (χ4n) is 5.09. The third kappa shape index (κ3) is 8.94. The molecule has 3 aromatic rings. The van der Waals surface area contributed by atoms with Crippen molar-refractivity contribution in [2.75, 3.05) is 59.1 Å². The molecule has 50 heavy (non-hydrogen) atoms. The van der Waals surface area contributed by atoms with Gasteiger partial charge in [0.1, 0.15) is 48.5 Å². The van der Waals surface area contributed by atoms with Crippen molar-refractivity contribution in [3.05, 3.63) is 92.9 Å². The van der Waals surface area contributed by atoms with Gasteiger partial charge in [-0.2, -0.15) is 0 Å². The zero-order valence-electron chi connectivity index (χ0n) is 26.9. The first-order valence-electron chi connectivity index (χ1n) is 15.4. The summed E-state index contributed by atoms with van der Waals surface area (Å²) in [6.07, 6.45) is 4.80. The standard InChI is InChI=1S/C34H34Cl2N4O9S/c1-3-10-49-34(44)29-20(19-50-33-28(32(43)40(29)33)38-27(41)18-47-15-14-46-13-12-45-2)5-4-11-48-26-9-7-22(36)17-24(26)30-37-25-8-6-21(35)16-23(25)31(42)39-30/h3-9,16-17,28,33H,1,10-15,18-19H2,2H3,(H,38,41)(H,37,39,42)/b5-4+. The van der Waals surface area contributed by atoms with E-state index in [1.54, 1.807) is 55.7 Å². The predicted octanol–water partition coefficient (Wildman–Crippen LogP) is 3.89. The maximum absolute atomic E-state index is 13.2. The molecule has 0 spiro atoms. The van der Waals surface area contributed by atoms with Crippen molar-refractivity contribution in [1.82, 2.24) is 20.2 Å². The summed E-state index contributed by atoms with van der Waals surface area (Å²) in [5, 5.41) is 3.36. The number of aromatic amines is 1. The van der Waals surface area contributed by atoms with Crippen LogP contribution in [-0.2, 0) is 33.3 Å². The number of hydrogen-bond acceptors (Lipinski definition) is 11. The van der Waals surface area contributed by atoms with E-state index in [4.69, 9.17) is 46.9 Å². The Bertz CT molecular complexity index is 1880. The minimum absolute atomic E-state index is 0.0494. The van der Waals surface area contributed by atoms with E-state index in [1.165, 1.54) is 22.7 Å². The number of rotatable bonds is 17. The number of carbonyl (C=O) groups excluding carboxylic acids is 3. The number of thioether (sulfide) groups is 1. The lowest BCUT2D eigenvalue weighted by Crippen LogP contribution is -2.70. The molecule has 264 valence electrons. The number of β-lactam (4-membered cyclic amide) rings is 1. The smallest absolute Gasteiger partial charge is 0.355 e. The number of carbonyl (C=O) groups is 3. The summed E-state index contributed by atoms with van der Waals surface area (Å²) in [6.45, 7) is 4.72. The second-order valence-electron chi connectivity index (χ2n) is 10.8. The Kier molecular flexibility index (Phi) is 13.1. The number of nitrogens with one attached hydrogen (secondary N) is 2. The van der Waals surface area contributed by atoms with Crippen LogP contribution < -0.4 is 15.6 Å². The Hall–Kier alpha value is -4.18. The number of hydrogen-bond donors (Lipinski definition) is 2. The second-order valence-corrected chi connectivity index (χ2v) is 12.8. The topological polar surface area (TPSA) is 158 Å². The predicted molar refractivity (Wildman–Crippen MR) is 189 cm³/mol. The molecule has 2 aromatic carbocycles. The fraction of sp³-hybridized carbons (Fsp3) is 0.324. The number of amides is 2. The molecule has 2 amide bonds. The van der Waals surface area contributed by atoms with Gasteiger partial charge in [-0.05, 0) is 48.0 Å². The molecular weight excluding hydrogens is 711 g/mol. The van der Waals surface area contributed by atoms with Gasteiger partial charge in [-0.1, -0.05) is 41.9 Å². The van der Waals surface area contributed by atoms with Crippen LogP contribution in [0.3, 0.4) is 0 Å². The summed E-state index contributed by atoms with van der Waals surface area (Å²) in [4.78, 5) is 60.3. The van der Waals surface area contributed by atoms with Gasteiger partial charge in [-0.15, -0.1) is 11.8 Å². The minimum Gasteiger partial charge on any atom is -0.489 e. The van der Waals surface area contributed by atoms with Gasteiger partial charge in [0.2, 0.25) is 5.91 Å². The van der Waals surface area contributed by atoms with E-state index in [1.807, 2.05) is 0 Å². The monoisotopic (exact) mass is 744 g/mol. The van der Waals surface area contributed by atoms with Crippen molar-refractivity contribution in [2.45, 2.75) is 11.4 Å². The summed E-state index contributed by atoms with van der Waals surface area (Å²) >= 11 is 13.7. The number of allylic oxidation sites excluding steroid dienone is 1. The number of ether oxygens (including phenoxy) is 5. The van der Waals surface area contributed by atoms with Crippen molar-refractivity contribution >= 4 is 63.7 Å². The van der Waals surface area contributed by atoms with Crippen molar-refractivity contribution in [3.8, 4) is 17.1 Å². The number of benzene rings is 2. The molecule has 0 aliphatic carbocycles. The first-order chi connectivity index (χ1) is 24.2. The molecule has 2 atom stereocenters. The molecule has 2 unspecified atom stereocenters. The molecular formula is C34H34Cl2N4O9S. The number of halogens is 2. The summed E-state index contributed by atoms with van der Waals surface area (Å²) < 4.78 is 26.9. The maximum Gasteiger partial charge on any atom is 0.355 e. The average molecular weight is 746 g/mol. The Morgan fingerprint density at radius 3 is 2.64 bits per heavy atom. The van der Waals surface area contributed by atoms with E-state index in [0.29, 0.717) is 63.4 Å². The van der Waals surface area contributed by atoms with Crippen molar-refractivity contribution < 1.29 is 38.1 Å². The van der Waals surface area contributed by atoms with E-state index in [2.05, 4.69) is 21.9 Å². The Labute approximate surface area is 301 Å². The zero-order chi connectivity index (χ0) is 35.6. The molecule has 0 bridgehead atoms. The van der Waals surface area contributed by atoms with E-state index >= 15 is 0 Å². The van der Waals surface area contributed by atoms with Crippen LogP contribution in [0.4, 0.5) is 0 Å². The summed E-state index contributed by atoms with van der Waals surface area (Å²) in [6, 6.07) is 8.94. The van der Waals surface area contributed by atoms with Gasteiger partial charge in [-0.3, -0.25) is 19.3 Å². The number of H-pyrrole nitrogens is 1. The van der Waals surface area contributed by atoms with Crippen LogP contribution >= 0.6 is 35.0 Å². The van der Waals surface area contributed by atoms with E-state index < -0.39 is 29.2 Å². The number of aromatic nitrogens is 2. The summed E-state index contributed by atoms with van der Waals surface area (Å²) in [7, 11) is 1.57. The molecule has 2 N–H and O–H groups in total. The van der Waals surface area contributed by atoms with Gasteiger partial charge < -0.3 is 34.0 Å². The van der Waals surface area contributed by atoms with E-state index in [0.717, 1.165) is 0 Å². The van der Waals surface area contributed by atoms with Crippen LogP contribution in [0, 0.1) is 0 Å². The van der Waals surface area contributed by atoms with Gasteiger partial charge >= 0.3 is 5.97 Å². The van der Waals surface area contributed by atoms with Crippen LogP contribution in [-0.4, -0.2) is 103 Å². The lowest BCUT2D eigenvalue weighted by molar-refractivity contribution is -0.152. The highest BCUT2D eigenvalue weighted by Gasteiger charge is 2.54. The summed E-state index contributed by atoms with van der Waals surface area (Å²) in [5.41, 5.74) is 1.16. The highest BCUT2D eigenvalue weighted by Crippen LogP contribution is 2.41. The molecule has 1 aromatic heterocycles. The van der Waals surface area contributed by atoms with Gasteiger partial charge in [0.05, 0.1) is 42.9 Å². The highest BCUT2D eigenvalue weighted by atomic mass is 35.5. The molecule has 3 heterocycles. The van der Waals surface area contributed by atoms with Gasteiger partial charge in [0.25, 0.3) is 11.5 Å². The van der Waals surface area contributed by atoms with Crippen LogP contribution in [0.2, 0.25) is 10.0 Å². The number of fused-ring (bicyclic) bond motifs is 2. The van der Waals surface area contributed by atoms with Crippen LogP contribution in [0.25, 0.3) is 22.3 Å². The van der Waals surface area contributed by atoms with Crippen LogP contribution in [0.5, 0.6) is 5.75 Å². The molecule has 0 saturated carbocycles. The van der Waals surface area contributed by atoms with Crippen molar-refractivity contribution in [3.63, 3.8) is 0 Å². The fourth-order valence-corrected chi connectivity index (χ4v) is 6.75. The number of nitrogens with zero attached hydrogens (tertiary/aromatic N) is 2. The lowest BCUT2D eigenvalue weighted by Gasteiger charge is -2.49. The largest absolute Gasteiger partial charge is 0.489 e. The average Bonchev–Trinajstić information content (AvgIpc) is 3.11. The maximum atomic E-state index is 13.2. The first kappa shape index (κ1) is 37.1. The Balaban J connectivity index is 1.26. The van der Waals surface area contributed by atoms with Crippen LogP contribution in [0.1, 0.15) is 0 Å². The molecule has 13 nitrogen and oxygen atoms in total. The van der Waals surface area contributed by atoms with Gasteiger partial charge in [-0.25, -0.2) is 9.78 Å². The normalized spacial score (nSPS) is 17.1. The van der Waals surface area contributed by atoms with Crippen LogP contribution in [0.15, 0.2) is 77.3 Å². The van der Waals surface area contributed by atoms with Gasteiger partial charge in [0.15, 0.2) is 0 Å². The van der Waals surface area contributed by atoms with E-state index in [-0.39, 0.29) is 43.5 Å². The SMILES string of the molecule is C=CCOC(=O)C1=C(/C=C/COc2ccc(Cl)cc2-c2nc3ccc(Cl)cc3c(=O)[nH]2)CSC2C(NC(=O)COCCOCCOC)C(=O)N12. The molecule has 16 heteroatoms.